The van der Waals surface area contributed by atoms with Crippen LogP contribution in [0.1, 0.15) is 16.1 Å². The number of carbonyl (C=O) groups is 1. The standard InChI is InChI=1S/C14H15N3O4/c1-21-10-4-2-3-9(7-10)5-6-15-13(19)11-8-12(18)17-14(20)16-11/h2-4,7-8H,5-6H2,1H3,(H,15,19)(H2,16,17,18,20). The lowest BCUT2D eigenvalue weighted by atomic mass is 10.1. The van der Waals surface area contributed by atoms with Gasteiger partial charge in [-0.25, -0.2) is 4.79 Å². The van der Waals surface area contributed by atoms with Gasteiger partial charge >= 0.3 is 5.69 Å². The van der Waals surface area contributed by atoms with Crippen LogP contribution in [-0.4, -0.2) is 29.5 Å². The van der Waals surface area contributed by atoms with E-state index in [1.54, 1.807) is 7.11 Å². The third kappa shape index (κ3) is 4.07. The van der Waals surface area contributed by atoms with Crippen LogP contribution in [-0.2, 0) is 6.42 Å². The first-order chi connectivity index (χ1) is 10.1. The molecule has 7 heteroatoms. The van der Waals surface area contributed by atoms with Crippen molar-refractivity contribution in [1.29, 1.82) is 0 Å². The Hall–Kier alpha value is -2.83. The number of rotatable bonds is 5. The minimum absolute atomic E-state index is 0.0607. The van der Waals surface area contributed by atoms with Crippen LogP contribution in [0.3, 0.4) is 0 Å². The Bertz CT molecular complexity index is 720. The van der Waals surface area contributed by atoms with Gasteiger partial charge in [-0.05, 0) is 24.1 Å². The first-order valence-electron chi connectivity index (χ1n) is 6.33. The molecule has 1 aromatic carbocycles. The van der Waals surface area contributed by atoms with Gasteiger partial charge < -0.3 is 15.0 Å². The van der Waals surface area contributed by atoms with E-state index >= 15 is 0 Å². The minimum atomic E-state index is -0.708. The molecule has 0 aliphatic rings. The van der Waals surface area contributed by atoms with Crippen LogP contribution in [0.15, 0.2) is 39.9 Å². The molecule has 0 saturated heterocycles. The van der Waals surface area contributed by atoms with Gasteiger partial charge in [0.05, 0.1) is 7.11 Å². The summed E-state index contributed by atoms with van der Waals surface area (Å²) in [6, 6.07) is 8.54. The number of benzene rings is 1. The average molecular weight is 289 g/mol. The molecule has 0 atom stereocenters. The molecule has 0 aliphatic carbocycles. The predicted octanol–water partition coefficient (Wildman–Crippen LogP) is 0.0443. The molecule has 0 aliphatic heterocycles. The summed E-state index contributed by atoms with van der Waals surface area (Å²) in [4.78, 5) is 38.3. The lowest BCUT2D eigenvalue weighted by Gasteiger charge is -2.06. The van der Waals surface area contributed by atoms with Crippen LogP contribution in [0.5, 0.6) is 5.75 Å². The largest absolute Gasteiger partial charge is 0.497 e. The normalized spacial score (nSPS) is 10.1. The molecule has 1 amide bonds. The van der Waals surface area contributed by atoms with Gasteiger partial charge in [-0.2, -0.15) is 0 Å². The van der Waals surface area contributed by atoms with Crippen LogP contribution in [0, 0.1) is 0 Å². The number of aromatic amines is 2. The highest BCUT2D eigenvalue weighted by molar-refractivity contribution is 5.91. The van der Waals surface area contributed by atoms with Gasteiger partial charge in [-0.15, -0.1) is 0 Å². The Kier molecular flexibility index (Phi) is 4.55. The van der Waals surface area contributed by atoms with Crippen LogP contribution in [0.4, 0.5) is 0 Å². The second-order valence-electron chi connectivity index (χ2n) is 4.36. The number of ether oxygens (including phenoxy) is 1. The smallest absolute Gasteiger partial charge is 0.326 e. The summed E-state index contributed by atoms with van der Waals surface area (Å²) in [5.74, 6) is 0.249. The van der Waals surface area contributed by atoms with E-state index in [2.05, 4.69) is 10.3 Å². The highest BCUT2D eigenvalue weighted by atomic mass is 16.5. The minimum Gasteiger partial charge on any atom is -0.497 e. The van der Waals surface area contributed by atoms with Crippen LogP contribution >= 0.6 is 0 Å². The third-order valence-corrected chi connectivity index (χ3v) is 2.84. The molecule has 3 N–H and O–H groups in total. The van der Waals surface area contributed by atoms with E-state index in [9.17, 15) is 14.4 Å². The molecule has 1 aromatic heterocycles. The molecule has 2 rings (SSSR count). The average Bonchev–Trinajstić information content (AvgIpc) is 2.46. The first kappa shape index (κ1) is 14.6. The summed E-state index contributed by atoms with van der Waals surface area (Å²) in [5.41, 5.74) is -0.374. The molecule has 7 nitrogen and oxygen atoms in total. The number of hydrogen-bond donors (Lipinski definition) is 3. The maximum Gasteiger partial charge on any atom is 0.326 e. The Morgan fingerprint density at radius 1 is 1.24 bits per heavy atom. The highest BCUT2D eigenvalue weighted by Gasteiger charge is 2.07. The summed E-state index contributed by atoms with van der Waals surface area (Å²) >= 11 is 0. The molecule has 2 aromatic rings. The van der Waals surface area contributed by atoms with Gasteiger partial charge in [0.1, 0.15) is 11.4 Å². The molecule has 110 valence electrons. The summed E-state index contributed by atoms with van der Waals surface area (Å²) in [5, 5.41) is 2.64. The molecule has 0 spiro atoms. The number of aromatic nitrogens is 2. The fourth-order valence-electron chi connectivity index (χ4n) is 1.83. The van der Waals surface area contributed by atoms with Crippen molar-refractivity contribution in [2.75, 3.05) is 13.7 Å². The van der Waals surface area contributed by atoms with Gasteiger partial charge in [0, 0.05) is 12.6 Å². The summed E-state index contributed by atoms with van der Waals surface area (Å²) in [6.07, 6.45) is 0.608. The van der Waals surface area contributed by atoms with E-state index in [-0.39, 0.29) is 5.69 Å². The van der Waals surface area contributed by atoms with Gasteiger partial charge in [-0.3, -0.25) is 14.6 Å². The SMILES string of the molecule is COc1cccc(CCNC(=O)c2cc(=O)[nH]c(=O)[nH]2)c1. The molecule has 0 unspecified atom stereocenters. The van der Waals surface area contributed by atoms with Crippen molar-refractivity contribution < 1.29 is 9.53 Å². The van der Waals surface area contributed by atoms with Crippen molar-refractivity contribution in [1.82, 2.24) is 15.3 Å². The topological polar surface area (TPSA) is 104 Å². The number of amides is 1. The molecular formula is C14H15N3O4. The van der Waals surface area contributed by atoms with E-state index in [0.29, 0.717) is 13.0 Å². The molecule has 0 radical (unpaired) electrons. The summed E-state index contributed by atoms with van der Waals surface area (Å²) in [6.45, 7) is 0.376. The molecule has 0 saturated carbocycles. The van der Waals surface area contributed by atoms with Crippen molar-refractivity contribution in [3.63, 3.8) is 0 Å². The van der Waals surface area contributed by atoms with Crippen LogP contribution in [0.25, 0.3) is 0 Å². The van der Waals surface area contributed by atoms with Crippen LogP contribution < -0.4 is 21.3 Å². The van der Waals surface area contributed by atoms with E-state index < -0.39 is 17.2 Å². The number of H-pyrrole nitrogens is 2. The maximum absolute atomic E-state index is 11.8. The van der Waals surface area contributed by atoms with Gasteiger partial charge in [0.25, 0.3) is 11.5 Å². The van der Waals surface area contributed by atoms with Gasteiger partial charge in [-0.1, -0.05) is 12.1 Å². The maximum atomic E-state index is 11.8. The van der Waals surface area contributed by atoms with Crippen molar-refractivity contribution in [3.05, 3.63) is 62.4 Å². The second kappa shape index (κ2) is 6.56. The van der Waals surface area contributed by atoms with Crippen molar-refractivity contribution in [2.24, 2.45) is 0 Å². The van der Waals surface area contributed by atoms with Crippen LogP contribution in [0.2, 0.25) is 0 Å². The molecular weight excluding hydrogens is 274 g/mol. The Balaban J connectivity index is 1.95. The second-order valence-corrected chi connectivity index (χ2v) is 4.36. The first-order valence-corrected chi connectivity index (χ1v) is 6.33. The quantitative estimate of drug-likeness (QED) is 0.723. The molecule has 0 bridgehead atoms. The number of hydrogen-bond acceptors (Lipinski definition) is 4. The highest BCUT2D eigenvalue weighted by Crippen LogP contribution is 2.12. The lowest BCUT2D eigenvalue weighted by molar-refractivity contribution is 0.0948. The molecule has 21 heavy (non-hydrogen) atoms. The molecule has 1 heterocycles. The van der Waals surface area contributed by atoms with E-state index in [1.165, 1.54) is 0 Å². The number of nitrogens with one attached hydrogen (secondary N) is 3. The number of carbonyl (C=O) groups excluding carboxylic acids is 1. The predicted molar refractivity (Wildman–Crippen MR) is 76.7 cm³/mol. The van der Waals surface area contributed by atoms with Gasteiger partial charge in [0.15, 0.2) is 0 Å². The van der Waals surface area contributed by atoms with E-state index in [4.69, 9.17) is 4.74 Å². The van der Waals surface area contributed by atoms with Crippen molar-refractivity contribution in [3.8, 4) is 5.75 Å². The number of methoxy groups -OCH3 is 1. The Morgan fingerprint density at radius 3 is 2.76 bits per heavy atom. The third-order valence-electron chi connectivity index (χ3n) is 2.84. The monoisotopic (exact) mass is 289 g/mol. The zero-order valence-corrected chi connectivity index (χ0v) is 11.4. The zero-order valence-electron chi connectivity index (χ0n) is 11.4. The van der Waals surface area contributed by atoms with Gasteiger partial charge in [0.2, 0.25) is 0 Å². The lowest BCUT2D eigenvalue weighted by Crippen LogP contribution is -2.31. The van der Waals surface area contributed by atoms with E-state index in [0.717, 1.165) is 17.4 Å². The Morgan fingerprint density at radius 2 is 2.05 bits per heavy atom. The fourth-order valence-corrected chi connectivity index (χ4v) is 1.83. The summed E-state index contributed by atoms with van der Waals surface area (Å²) < 4.78 is 5.11. The molecule has 0 fully saturated rings. The van der Waals surface area contributed by atoms with E-state index in [1.807, 2.05) is 29.2 Å². The van der Waals surface area contributed by atoms with Crippen molar-refractivity contribution >= 4 is 5.91 Å². The summed E-state index contributed by atoms with van der Waals surface area (Å²) in [7, 11) is 1.59. The zero-order chi connectivity index (χ0) is 15.2. The Labute approximate surface area is 120 Å². The van der Waals surface area contributed by atoms with Crippen molar-refractivity contribution in [2.45, 2.75) is 6.42 Å². The fraction of sp³-hybridized carbons (Fsp3) is 0.214.